The molecule has 0 aliphatic rings. The van der Waals surface area contributed by atoms with Gasteiger partial charge in [0.05, 0.1) is 6.61 Å². The highest BCUT2D eigenvalue weighted by Crippen LogP contribution is 2.17. The van der Waals surface area contributed by atoms with Crippen LogP contribution in [0, 0.1) is 5.92 Å². The lowest BCUT2D eigenvalue weighted by molar-refractivity contribution is 0.271. The van der Waals surface area contributed by atoms with Crippen molar-refractivity contribution < 1.29 is 4.74 Å². The smallest absolute Gasteiger partial charge is 0.121 e. The van der Waals surface area contributed by atoms with Gasteiger partial charge in [-0.2, -0.15) is 0 Å². The maximum absolute atomic E-state index is 5.74. The Morgan fingerprint density at radius 3 is 2.59 bits per heavy atom. The van der Waals surface area contributed by atoms with Crippen molar-refractivity contribution in [1.29, 1.82) is 0 Å². The average Bonchev–Trinajstić information content (AvgIpc) is 2.52. The number of benzene rings is 1. The van der Waals surface area contributed by atoms with E-state index in [-0.39, 0.29) is 0 Å². The van der Waals surface area contributed by atoms with Crippen LogP contribution < -0.4 is 15.4 Å². The summed E-state index contributed by atoms with van der Waals surface area (Å²) in [6.07, 6.45) is 6.70. The molecule has 3 heteroatoms. The van der Waals surface area contributed by atoms with Gasteiger partial charge < -0.3 is 15.4 Å². The number of unbranched alkanes of at least 4 members (excludes halogenated alkanes) is 4. The lowest BCUT2D eigenvalue weighted by Crippen LogP contribution is -2.23. The van der Waals surface area contributed by atoms with Crippen LogP contribution in [0.15, 0.2) is 24.3 Å². The van der Waals surface area contributed by atoms with Crippen LogP contribution in [0.25, 0.3) is 0 Å². The first kappa shape index (κ1) is 18.8. The summed E-state index contributed by atoms with van der Waals surface area (Å²) >= 11 is 0. The van der Waals surface area contributed by atoms with Gasteiger partial charge in [-0.25, -0.2) is 0 Å². The van der Waals surface area contributed by atoms with Crippen LogP contribution in [0.1, 0.15) is 52.9 Å². The molecule has 0 radical (unpaired) electrons. The maximum atomic E-state index is 5.74. The van der Waals surface area contributed by atoms with E-state index in [1.807, 2.05) is 12.1 Å². The molecule has 0 fully saturated rings. The zero-order valence-corrected chi connectivity index (χ0v) is 14.7. The highest BCUT2D eigenvalue weighted by Gasteiger charge is 1.99. The summed E-state index contributed by atoms with van der Waals surface area (Å²) < 4.78 is 5.74. The summed E-state index contributed by atoms with van der Waals surface area (Å²) in [6.45, 7) is 10.4. The monoisotopic (exact) mass is 306 g/mol. The van der Waals surface area contributed by atoms with Crippen molar-refractivity contribution >= 4 is 5.69 Å². The SMILES string of the molecule is CCCCCCCNCCNc1cccc(OCC(C)C)c1. The summed E-state index contributed by atoms with van der Waals surface area (Å²) in [6, 6.07) is 8.22. The predicted molar refractivity (Wildman–Crippen MR) is 96.9 cm³/mol. The molecule has 22 heavy (non-hydrogen) atoms. The molecule has 2 N–H and O–H groups in total. The van der Waals surface area contributed by atoms with Gasteiger partial charge in [0.2, 0.25) is 0 Å². The number of ether oxygens (including phenoxy) is 1. The molecule has 0 spiro atoms. The van der Waals surface area contributed by atoms with E-state index in [9.17, 15) is 0 Å². The molecule has 0 saturated carbocycles. The van der Waals surface area contributed by atoms with Crippen molar-refractivity contribution in [3.63, 3.8) is 0 Å². The molecule has 126 valence electrons. The Morgan fingerprint density at radius 2 is 1.82 bits per heavy atom. The lowest BCUT2D eigenvalue weighted by Gasteiger charge is -2.11. The zero-order chi connectivity index (χ0) is 16.0. The Kier molecular flexibility index (Phi) is 10.6. The summed E-state index contributed by atoms with van der Waals surface area (Å²) in [4.78, 5) is 0. The molecule has 0 aliphatic carbocycles. The van der Waals surface area contributed by atoms with Crippen molar-refractivity contribution in [2.75, 3.05) is 31.6 Å². The van der Waals surface area contributed by atoms with Gasteiger partial charge in [0.1, 0.15) is 5.75 Å². The van der Waals surface area contributed by atoms with Crippen LogP contribution in [-0.2, 0) is 0 Å². The van der Waals surface area contributed by atoms with Gasteiger partial charge in [-0.3, -0.25) is 0 Å². The average molecular weight is 306 g/mol. The predicted octanol–water partition coefficient (Wildman–Crippen LogP) is 4.69. The minimum atomic E-state index is 0.554. The number of hydrogen-bond donors (Lipinski definition) is 2. The van der Waals surface area contributed by atoms with E-state index < -0.39 is 0 Å². The molecule has 0 saturated heterocycles. The topological polar surface area (TPSA) is 33.3 Å². The Bertz CT molecular complexity index is 379. The second-order valence-corrected chi connectivity index (χ2v) is 6.32. The highest BCUT2D eigenvalue weighted by molar-refractivity contribution is 5.48. The van der Waals surface area contributed by atoms with Gasteiger partial charge in [0.25, 0.3) is 0 Å². The normalized spacial score (nSPS) is 10.9. The fourth-order valence-corrected chi connectivity index (χ4v) is 2.23. The number of nitrogens with one attached hydrogen (secondary N) is 2. The van der Waals surface area contributed by atoms with Crippen LogP contribution in [0.5, 0.6) is 5.75 Å². The fraction of sp³-hybridized carbons (Fsp3) is 0.684. The quantitative estimate of drug-likeness (QED) is 0.519. The lowest BCUT2D eigenvalue weighted by atomic mass is 10.1. The van der Waals surface area contributed by atoms with Crippen molar-refractivity contribution in [1.82, 2.24) is 5.32 Å². The Morgan fingerprint density at radius 1 is 1.00 bits per heavy atom. The fourth-order valence-electron chi connectivity index (χ4n) is 2.23. The molecule has 0 bridgehead atoms. The number of anilines is 1. The molecular formula is C19H34N2O. The summed E-state index contributed by atoms with van der Waals surface area (Å²) in [5, 5.41) is 6.93. The van der Waals surface area contributed by atoms with Gasteiger partial charge in [0, 0.05) is 24.8 Å². The van der Waals surface area contributed by atoms with Crippen molar-refractivity contribution in [3.8, 4) is 5.75 Å². The molecule has 3 nitrogen and oxygen atoms in total. The summed E-state index contributed by atoms with van der Waals surface area (Å²) in [5.74, 6) is 1.50. The molecule has 0 atom stereocenters. The third-order valence-corrected chi connectivity index (χ3v) is 3.51. The van der Waals surface area contributed by atoms with Crippen molar-refractivity contribution in [2.45, 2.75) is 52.9 Å². The first-order valence-corrected chi connectivity index (χ1v) is 8.89. The standard InChI is InChI=1S/C19H34N2O/c1-4-5-6-7-8-12-20-13-14-21-18-10-9-11-19(15-18)22-16-17(2)3/h9-11,15,17,20-21H,4-8,12-14,16H2,1-3H3. The molecule has 1 aromatic rings. The third-order valence-electron chi connectivity index (χ3n) is 3.51. The first-order chi connectivity index (χ1) is 10.7. The van der Waals surface area contributed by atoms with E-state index in [1.165, 1.54) is 32.1 Å². The number of rotatable bonds is 13. The van der Waals surface area contributed by atoms with Crippen LogP contribution in [-0.4, -0.2) is 26.2 Å². The summed E-state index contributed by atoms with van der Waals surface area (Å²) in [5.41, 5.74) is 1.13. The van der Waals surface area contributed by atoms with Crippen LogP contribution in [0.4, 0.5) is 5.69 Å². The molecule has 1 aromatic carbocycles. The minimum Gasteiger partial charge on any atom is -0.493 e. The van der Waals surface area contributed by atoms with E-state index in [2.05, 4.69) is 43.5 Å². The van der Waals surface area contributed by atoms with E-state index >= 15 is 0 Å². The molecule has 0 unspecified atom stereocenters. The second kappa shape index (κ2) is 12.3. The van der Waals surface area contributed by atoms with Crippen molar-refractivity contribution in [3.05, 3.63) is 24.3 Å². The zero-order valence-electron chi connectivity index (χ0n) is 14.7. The van der Waals surface area contributed by atoms with Crippen LogP contribution in [0.3, 0.4) is 0 Å². The van der Waals surface area contributed by atoms with E-state index in [4.69, 9.17) is 4.74 Å². The van der Waals surface area contributed by atoms with Gasteiger partial charge >= 0.3 is 0 Å². The Hall–Kier alpha value is -1.22. The van der Waals surface area contributed by atoms with Gasteiger partial charge in [0.15, 0.2) is 0 Å². The molecule has 0 heterocycles. The molecule has 0 aromatic heterocycles. The Balaban J connectivity index is 2.08. The molecule has 0 amide bonds. The van der Waals surface area contributed by atoms with E-state index in [0.29, 0.717) is 5.92 Å². The largest absolute Gasteiger partial charge is 0.493 e. The number of hydrogen-bond acceptors (Lipinski definition) is 3. The van der Waals surface area contributed by atoms with Gasteiger partial charge in [-0.1, -0.05) is 52.5 Å². The van der Waals surface area contributed by atoms with Gasteiger partial charge in [-0.15, -0.1) is 0 Å². The third kappa shape index (κ3) is 9.67. The van der Waals surface area contributed by atoms with Gasteiger partial charge in [-0.05, 0) is 31.0 Å². The van der Waals surface area contributed by atoms with E-state index in [0.717, 1.165) is 37.7 Å². The Labute approximate surface area is 136 Å². The van der Waals surface area contributed by atoms with E-state index in [1.54, 1.807) is 0 Å². The molecular weight excluding hydrogens is 272 g/mol. The van der Waals surface area contributed by atoms with Crippen LogP contribution in [0.2, 0.25) is 0 Å². The second-order valence-electron chi connectivity index (χ2n) is 6.32. The first-order valence-electron chi connectivity index (χ1n) is 8.89. The van der Waals surface area contributed by atoms with Crippen LogP contribution >= 0.6 is 0 Å². The highest BCUT2D eigenvalue weighted by atomic mass is 16.5. The summed E-state index contributed by atoms with van der Waals surface area (Å²) in [7, 11) is 0. The maximum Gasteiger partial charge on any atom is 0.121 e. The van der Waals surface area contributed by atoms with Crippen molar-refractivity contribution in [2.24, 2.45) is 5.92 Å². The molecule has 1 rings (SSSR count). The minimum absolute atomic E-state index is 0.554. The molecule has 0 aliphatic heterocycles.